The zero-order valence-electron chi connectivity index (χ0n) is 16.6. The van der Waals surface area contributed by atoms with Crippen LogP contribution in [0.5, 0.6) is 11.5 Å². The highest BCUT2D eigenvalue weighted by atomic mass is 16.5. The third-order valence-electron chi connectivity index (χ3n) is 4.30. The molecule has 0 saturated carbocycles. The quantitative estimate of drug-likeness (QED) is 0.575. The fourth-order valence-electron chi connectivity index (χ4n) is 2.71. The Labute approximate surface area is 170 Å². The molecule has 0 saturated heterocycles. The van der Waals surface area contributed by atoms with Gasteiger partial charge < -0.3 is 20.1 Å². The maximum Gasteiger partial charge on any atom is 0.263 e. The van der Waals surface area contributed by atoms with Crippen molar-refractivity contribution in [3.8, 4) is 11.5 Å². The SMILES string of the molecule is COc1cccc(CCNc2ccc(NC(=O)COc3ccc(C)cc3)nc2)c1. The Kier molecular flexibility index (Phi) is 7.05. The normalized spacial score (nSPS) is 10.3. The van der Waals surface area contributed by atoms with E-state index in [1.54, 1.807) is 19.4 Å². The molecule has 0 aliphatic rings. The first kappa shape index (κ1) is 20.2. The van der Waals surface area contributed by atoms with Crippen LogP contribution in [0.25, 0.3) is 0 Å². The summed E-state index contributed by atoms with van der Waals surface area (Å²) in [4.78, 5) is 16.3. The molecule has 3 aromatic rings. The van der Waals surface area contributed by atoms with Gasteiger partial charge in [0.1, 0.15) is 17.3 Å². The topological polar surface area (TPSA) is 72.5 Å². The van der Waals surface area contributed by atoms with Crippen molar-refractivity contribution < 1.29 is 14.3 Å². The van der Waals surface area contributed by atoms with Gasteiger partial charge in [0.05, 0.1) is 19.0 Å². The van der Waals surface area contributed by atoms with Crippen LogP contribution in [-0.2, 0) is 11.2 Å². The number of hydrogen-bond acceptors (Lipinski definition) is 5. The van der Waals surface area contributed by atoms with E-state index in [-0.39, 0.29) is 12.5 Å². The van der Waals surface area contributed by atoms with E-state index < -0.39 is 0 Å². The zero-order valence-corrected chi connectivity index (χ0v) is 16.6. The van der Waals surface area contributed by atoms with Crippen molar-refractivity contribution in [1.29, 1.82) is 0 Å². The van der Waals surface area contributed by atoms with Gasteiger partial charge in [0, 0.05) is 6.54 Å². The Morgan fingerprint density at radius 2 is 1.86 bits per heavy atom. The number of aromatic nitrogens is 1. The van der Waals surface area contributed by atoms with Crippen LogP contribution < -0.4 is 20.1 Å². The lowest BCUT2D eigenvalue weighted by Crippen LogP contribution is -2.20. The van der Waals surface area contributed by atoms with E-state index in [1.165, 1.54) is 5.56 Å². The van der Waals surface area contributed by atoms with Crippen LogP contribution in [0.4, 0.5) is 11.5 Å². The minimum Gasteiger partial charge on any atom is -0.497 e. The van der Waals surface area contributed by atoms with Gasteiger partial charge in [0.15, 0.2) is 6.61 Å². The number of amides is 1. The van der Waals surface area contributed by atoms with Gasteiger partial charge >= 0.3 is 0 Å². The largest absolute Gasteiger partial charge is 0.497 e. The molecule has 3 rings (SSSR count). The minimum absolute atomic E-state index is 0.0642. The van der Waals surface area contributed by atoms with E-state index >= 15 is 0 Å². The summed E-state index contributed by atoms with van der Waals surface area (Å²) in [6.07, 6.45) is 2.56. The lowest BCUT2D eigenvalue weighted by molar-refractivity contribution is -0.118. The molecule has 29 heavy (non-hydrogen) atoms. The first-order valence-corrected chi connectivity index (χ1v) is 9.44. The van der Waals surface area contributed by atoms with E-state index in [0.717, 1.165) is 30.0 Å². The summed E-state index contributed by atoms with van der Waals surface area (Å²) in [5, 5.41) is 6.05. The fraction of sp³-hybridized carbons (Fsp3) is 0.217. The average Bonchev–Trinajstić information content (AvgIpc) is 2.75. The Balaban J connectivity index is 1.42. The van der Waals surface area contributed by atoms with Crippen molar-refractivity contribution in [2.45, 2.75) is 13.3 Å². The molecule has 0 radical (unpaired) electrons. The standard InChI is InChI=1S/C23H25N3O3/c1-17-6-9-20(10-7-17)29-16-23(27)26-22-11-8-19(15-25-22)24-13-12-18-4-3-5-21(14-18)28-2/h3-11,14-15,24H,12-13,16H2,1-2H3,(H,25,26,27). The molecule has 1 heterocycles. The molecule has 1 amide bonds. The summed E-state index contributed by atoms with van der Waals surface area (Å²) in [7, 11) is 1.66. The Morgan fingerprint density at radius 3 is 2.59 bits per heavy atom. The maximum absolute atomic E-state index is 12.0. The fourth-order valence-corrected chi connectivity index (χ4v) is 2.71. The highest BCUT2D eigenvalue weighted by molar-refractivity contribution is 5.91. The van der Waals surface area contributed by atoms with Crippen molar-refractivity contribution in [2.75, 3.05) is 30.9 Å². The summed E-state index contributed by atoms with van der Waals surface area (Å²) >= 11 is 0. The second kappa shape index (κ2) is 10.1. The van der Waals surface area contributed by atoms with E-state index in [1.807, 2.05) is 55.5 Å². The molecule has 2 aromatic carbocycles. The van der Waals surface area contributed by atoms with Crippen LogP contribution in [0.15, 0.2) is 66.9 Å². The number of aryl methyl sites for hydroxylation is 1. The van der Waals surface area contributed by atoms with Crippen molar-refractivity contribution in [3.63, 3.8) is 0 Å². The maximum atomic E-state index is 12.0. The number of carbonyl (C=O) groups excluding carboxylic acids is 1. The molecule has 150 valence electrons. The van der Waals surface area contributed by atoms with E-state index in [2.05, 4.69) is 21.7 Å². The first-order valence-electron chi connectivity index (χ1n) is 9.44. The predicted octanol–water partition coefficient (Wildman–Crippen LogP) is 4.07. The van der Waals surface area contributed by atoms with Gasteiger partial charge in [-0.25, -0.2) is 4.98 Å². The number of hydrogen-bond donors (Lipinski definition) is 2. The molecular formula is C23H25N3O3. The third kappa shape index (κ3) is 6.53. The molecule has 0 aliphatic carbocycles. The van der Waals surface area contributed by atoms with Crippen molar-refractivity contribution in [3.05, 3.63) is 78.0 Å². The Bertz CT molecular complexity index is 925. The molecule has 0 atom stereocenters. The van der Waals surface area contributed by atoms with Crippen LogP contribution >= 0.6 is 0 Å². The van der Waals surface area contributed by atoms with Gasteiger partial charge in [-0.3, -0.25) is 4.79 Å². The van der Waals surface area contributed by atoms with Gasteiger partial charge in [-0.05, 0) is 55.3 Å². The molecule has 0 fully saturated rings. The van der Waals surface area contributed by atoms with E-state index in [9.17, 15) is 4.79 Å². The monoisotopic (exact) mass is 391 g/mol. The molecule has 1 aromatic heterocycles. The number of anilines is 2. The highest BCUT2D eigenvalue weighted by Gasteiger charge is 2.05. The van der Waals surface area contributed by atoms with Crippen molar-refractivity contribution in [1.82, 2.24) is 4.98 Å². The number of rotatable bonds is 9. The van der Waals surface area contributed by atoms with Gasteiger partial charge in [-0.15, -0.1) is 0 Å². The van der Waals surface area contributed by atoms with Crippen molar-refractivity contribution in [2.24, 2.45) is 0 Å². The molecule has 0 unspecified atom stereocenters. The van der Waals surface area contributed by atoms with Crippen LogP contribution in [-0.4, -0.2) is 31.2 Å². The molecule has 0 bridgehead atoms. The number of ether oxygens (including phenoxy) is 2. The van der Waals surface area contributed by atoms with E-state index in [0.29, 0.717) is 11.6 Å². The van der Waals surface area contributed by atoms with E-state index in [4.69, 9.17) is 9.47 Å². The van der Waals surface area contributed by atoms with Crippen LogP contribution in [0.3, 0.4) is 0 Å². The van der Waals surface area contributed by atoms with Gasteiger partial charge in [0.25, 0.3) is 5.91 Å². The minimum atomic E-state index is -0.253. The number of pyridine rings is 1. The molecular weight excluding hydrogens is 366 g/mol. The average molecular weight is 391 g/mol. The summed E-state index contributed by atoms with van der Waals surface area (Å²) in [6.45, 7) is 2.70. The Morgan fingerprint density at radius 1 is 1.03 bits per heavy atom. The number of nitrogens with one attached hydrogen (secondary N) is 2. The van der Waals surface area contributed by atoms with Crippen LogP contribution in [0.2, 0.25) is 0 Å². The van der Waals surface area contributed by atoms with Crippen molar-refractivity contribution >= 4 is 17.4 Å². The smallest absolute Gasteiger partial charge is 0.263 e. The van der Waals surface area contributed by atoms with Crippen LogP contribution in [0, 0.1) is 6.92 Å². The second-order valence-corrected chi connectivity index (χ2v) is 6.61. The lowest BCUT2D eigenvalue weighted by Gasteiger charge is -2.09. The summed E-state index contributed by atoms with van der Waals surface area (Å²) in [6, 6.07) is 19.2. The number of benzene rings is 2. The second-order valence-electron chi connectivity index (χ2n) is 6.61. The van der Waals surface area contributed by atoms with Gasteiger partial charge in [-0.2, -0.15) is 0 Å². The third-order valence-corrected chi connectivity index (χ3v) is 4.30. The summed E-state index contributed by atoms with van der Waals surface area (Å²) in [5.74, 6) is 1.75. The zero-order chi connectivity index (χ0) is 20.5. The molecule has 0 spiro atoms. The predicted molar refractivity (Wildman–Crippen MR) is 115 cm³/mol. The van der Waals surface area contributed by atoms with Crippen LogP contribution in [0.1, 0.15) is 11.1 Å². The summed E-state index contributed by atoms with van der Waals surface area (Å²) in [5.41, 5.74) is 3.23. The molecule has 6 nitrogen and oxygen atoms in total. The first-order chi connectivity index (χ1) is 14.1. The number of carbonyl (C=O) groups is 1. The lowest BCUT2D eigenvalue weighted by atomic mass is 10.1. The highest BCUT2D eigenvalue weighted by Crippen LogP contribution is 2.14. The summed E-state index contributed by atoms with van der Waals surface area (Å²) < 4.78 is 10.7. The molecule has 2 N–H and O–H groups in total. The molecule has 6 heteroatoms. The molecule has 0 aliphatic heterocycles. The van der Waals surface area contributed by atoms with Gasteiger partial charge in [-0.1, -0.05) is 29.8 Å². The number of nitrogens with zero attached hydrogens (tertiary/aromatic N) is 1. The van der Waals surface area contributed by atoms with Gasteiger partial charge in [0.2, 0.25) is 0 Å². The number of methoxy groups -OCH3 is 1. The Hall–Kier alpha value is -3.54.